The van der Waals surface area contributed by atoms with Gasteiger partial charge in [0.25, 0.3) is 0 Å². The van der Waals surface area contributed by atoms with Crippen molar-refractivity contribution < 1.29 is 18.3 Å². The Bertz CT molecular complexity index is 787. The molecule has 21 heavy (non-hydrogen) atoms. The molecule has 0 amide bonds. The second-order valence-electron chi connectivity index (χ2n) is 4.79. The Morgan fingerprint density at radius 1 is 1.29 bits per heavy atom. The quantitative estimate of drug-likeness (QED) is 0.934. The first kappa shape index (κ1) is 15.7. The van der Waals surface area contributed by atoms with Gasteiger partial charge in [-0.3, -0.25) is 0 Å². The normalized spacial score (nSPS) is 11.6. The highest BCUT2D eigenvalue weighted by Gasteiger charge is 2.20. The van der Waals surface area contributed by atoms with Crippen LogP contribution in [0.1, 0.15) is 31.5 Å². The number of aromatic carboxylic acids is 1. The van der Waals surface area contributed by atoms with Crippen LogP contribution >= 0.6 is 11.3 Å². The van der Waals surface area contributed by atoms with E-state index in [9.17, 15) is 13.2 Å². The van der Waals surface area contributed by atoms with Crippen LogP contribution < -0.4 is 0 Å². The molecule has 0 aliphatic carbocycles. The topological polar surface area (TPSA) is 84.3 Å². The van der Waals surface area contributed by atoms with Crippen molar-refractivity contribution in [3.63, 3.8) is 0 Å². The first-order valence-electron chi connectivity index (χ1n) is 6.20. The van der Waals surface area contributed by atoms with Crippen molar-refractivity contribution >= 4 is 27.1 Å². The number of carboxylic acid groups (broad SMARTS) is 1. The van der Waals surface area contributed by atoms with Crippen LogP contribution in [0.4, 0.5) is 0 Å². The van der Waals surface area contributed by atoms with Crippen LogP contribution in [0.3, 0.4) is 0 Å². The molecule has 1 aromatic carbocycles. The molecule has 0 unspecified atom stereocenters. The van der Waals surface area contributed by atoms with Gasteiger partial charge in [-0.1, -0.05) is 6.07 Å². The van der Waals surface area contributed by atoms with Crippen molar-refractivity contribution in [1.29, 1.82) is 0 Å². The molecule has 2 aromatic rings. The summed E-state index contributed by atoms with van der Waals surface area (Å²) in [6, 6.07) is 4.15. The van der Waals surface area contributed by atoms with Gasteiger partial charge in [-0.2, -0.15) is 0 Å². The van der Waals surface area contributed by atoms with Gasteiger partial charge in [0.2, 0.25) is 0 Å². The lowest BCUT2D eigenvalue weighted by molar-refractivity contribution is 0.0696. The number of aromatic nitrogens is 1. The minimum atomic E-state index is -3.60. The first-order chi connectivity index (χ1) is 9.70. The maximum atomic E-state index is 12.4. The Morgan fingerprint density at radius 3 is 2.48 bits per heavy atom. The van der Waals surface area contributed by atoms with Gasteiger partial charge in [0, 0.05) is 4.88 Å². The molecule has 0 atom stereocenters. The van der Waals surface area contributed by atoms with Crippen LogP contribution in [0.5, 0.6) is 0 Å². The zero-order chi connectivity index (χ0) is 15.8. The van der Waals surface area contributed by atoms with Crippen molar-refractivity contribution in [3.05, 3.63) is 44.9 Å². The molecule has 112 valence electrons. The molecular weight excluding hydrogens is 310 g/mol. The van der Waals surface area contributed by atoms with E-state index in [1.54, 1.807) is 6.92 Å². The van der Waals surface area contributed by atoms with Crippen LogP contribution in [0.2, 0.25) is 0 Å². The molecule has 1 heterocycles. The van der Waals surface area contributed by atoms with Crippen molar-refractivity contribution in [2.24, 2.45) is 0 Å². The van der Waals surface area contributed by atoms with Crippen LogP contribution in [0, 0.1) is 20.8 Å². The lowest BCUT2D eigenvalue weighted by Gasteiger charge is -2.06. The fraction of sp³-hybridized carbons (Fsp3) is 0.286. The van der Waals surface area contributed by atoms with Gasteiger partial charge in [-0.05, 0) is 38.5 Å². The molecule has 0 radical (unpaired) electrons. The number of thiazole rings is 1. The van der Waals surface area contributed by atoms with E-state index in [4.69, 9.17) is 5.11 Å². The average Bonchev–Trinajstić information content (AvgIpc) is 2.67. The summed E-state index contributed by atoms with van der Waals surface area (Å²) < 4.78 is 24.8. The molecule has 1 aromatic heterocycles. The van der Waals surface area contributed by atoms with Gasteiger partial charge in [0.05, 0.1) is 16.2 Å². The van der Waals surface area contributed by atoms with Gasteiger partial charge in [-0.15, -0.1) is 11.3 Å². The first-order valence-corrected chi connectivity index (χ1v) is 8.67. The average molecular weight is 325 g/mol. The molecule has 0 spiro atoms. The number of nitrogens with zero attached hydrogens (tertiary/aromatic N) is 1. The summed E-state index contributed by atoms with van der Waals surface area (Å²) in [6.07, 6.45) is 0. The highest BCUT2D eigenvalue weighted by atomic mass is 32.2. The number of hydrogen-bond acceptors (Lipinski definition) is 5. The van der Waals surface area contributed by atoms with E-state index in [-0.39, 0.29) is 16.2 Å². The minimum Gasteiger partial charge on any atom is -0.478 e. The predicted octanol–water partition coefficient (Wildman–Crippen LogP) is 2.74. The zero-order valence-corrected chi connectivity index (χ0v) is 13.5. The van der Waals surface area contributed by atoms with Crippen molar-refractivity contribution in [2.45, 2.75) is 31.4 Å². The van der Waals surface area contributed by atoms with E-state index >= 15 is 0 Å². The zero-order valence-electron chi connectivity index (χ0n) is 11.9. The molecule has 0 saturated heterocycles. The number of hydrogen-bond donors (Lipinski definition) is 1. The Morgan fingerprint density at radius 2 is 1.95 bits per heavy atom. The Hall–Kier alpha value is -1.73. The Balaban J connectivity index is 2.40. The molecule has 1 N–H and O–H groups in total. The van der Waals surface area contributed by atoms with Gasteiger partial charge in [0.15, 0.2) is 9.84 Å². The SMILES string of the molecule is Cc1ccc(S(=O)(=O)Cc2nc(C)c(C)s2)cc1C(=O)O. The third-order valence-corrected chi connectivity index (χ3v) is 6.07. The molecule has 0 aliphatic heterocycles. The molecule has 7 heteroatoms. The number of sulfone groups is 1. The van der Waals surface area contributed by atoms with E-state index in [0.717, 1.165) is 10.6 Å². The largest absolute Gasteiger partial charge is 0.478 e. The Labute approximate surface area is 127 Å². The molecular formula is C14H15NO4S2. The van der Waals surface area contributed by atoms with Gasteiger partial charge >= 0.3 is 5.97 Å². The molecule has 0 bridgehead atoms. The van der Waals surface area contributed by atoms with E-state index < -0.39 is 15.8 Å². The van der Waals surface area contributed by atoms with E-state index in [0.29, 0.717) is 10.6 Å². The maximum Gasteiger partial charge on any atom is 0.335 e. The predicted molar refractivity (Wildman–Crippen MR) is 80.6 cm³/mol. The highest BCUT2D eigenvalue weighted by molar-refractivity contribution is 7.90. The van der Waals surface area contributed by atoms with Gasteiger partial charge < -0.3 is 5.11 Å². The molecule has 2 rings (SSSR count). The summed E-state index contributed by atoms with van der Waals surface area (Å²) >= 11 is 1.34. The van der Waals surface area contributed by atoms with Crippen LogP contribution in [-0.2, 0) is 15.6 Å². The number of benzene rings is 1. The number of rotatable bonds is 4. The third kappa shape index (κ3) is 3.30. The monoisotopic (exact) mass is 325 g/mol. The van der Waals surface area contributed by atoms with Crippen LogP contribution in [0.25, 0.3) is 0 Å². The molecule has 0 fully saturated rings. The van der Waals surface area contributed by atoms with E-state index in [1.807, 2.05) is 13.8 Å². The molecule has 0 saturated carbocycles. The fourth-order valence-electron chi connectivity index (χ4n) is 1.87. The van der Waals surface area contributed by atoms with Gasteiger partial charge in [-0.25, -0.2) is 18.2 Å². The smallest absolute Gasteiger partial charge is 0.335 e. The van der Waals surface area contributed by atoms with Crippen molar-refractivity contribution in [3.8, 4) is 0 Å². The molecule has 5 nitrogen and oxygen atoms in total. The lowest BCUT2D eigenvalue weighted by atomic mass is 10.1. The summed E-state index contributed by atoms with van der Waals surface area (Å²) in [7, 11) is -3.60. The minimum absolute atomic E-state index is 0.00238. The summed E-state index contributed by atoms with van der Waals surface area (Å²) in [5, 5.41) is 9.60. The summed E-state index contributed by atoms with van der Waals surface area (Å²) in [6.45, 7) is 5.35. The van der Waals surface area contributed by atoms with Crippen molar-refractivity contribution in [2.75, 3.05) is 0 Å². The number of aryl methyl sites for hydroxylation is 3. The second-order valence-corrected chi connectivity index (χ2v) is 8.07. The Kier molecular flexibility index (Phi) is 4.15. The summed E-state index contributed by atoms with van der Waals surface area (Å²) in [4.78, 5) is 16.3. The lowest BCUT2D eigenvalue weighted by Crippen LogP contribution is -2.08. The maximum absolute atomic E-state index is 12.4. The van der Waals surface area contributed by atoms with Crippen LogP contribution in [-0.4, -0.2) is 24.5 Å². The summed E-state index contributed by atoms with van der Waals surface area (Å²) in [5.41, 5.74) is 1.35. The van der Waals surface area contributed by atoms with Gasteiger partial charge in [0.1, 0.15) is 10.8 Å². The summed E-state index contributed by atoms with van der Waals surface area (Å²) in [5.74, 6) is -1.35. The standard InChI is InChI=1S/C14H15NO4S2/c1-8-4-5-11(6-12(8)14(16)17)21(18,19)7-13-15-9(2)10(3)20-13/h4-6H,7H2,1-3H3,(H,16,17). The van der Waals surface area contributed by atoms with Crippen molar-refractivity contribution in [1.82, 2.24) is 4.98 Å². The highest BCUT2D eigenvalue weighted by Crippen LogP contribution is 2.23. The fourth-order valence-corrected chi connectivity index (χ4v) is 4.43. The van der Waals surface area contributed by atoms with E-state index in [1.165, 1.54) is 29.5 Å². The number of carbonyl (C=O) groups is 1. The van der Waals surface area contributed by atoms with Crippen LogP contribution in [0.15, 0.2) is 23.1 Å². The molecule has 0 aliphatic rings. The third-order valence-electron chi connectivity index (χ3n) is 3.18. The second kappa shape index (κ2) is 5.57. The number of carboxylic acids is 1. The van der Waals surface area contributed by atoms with E-state index in [2.05, 4.69) is 4.98 Å².